The van der Waals surface area contributed by atoms with Crippen molar-refractivity contribution in [2.75, 3.05) is 0 Å². The molecule has 0 aliphatic rings. The summed E-state index contributed by atoms with van der Waals surface area (Å²) >= 11 is 0. The Morgan fingerprint density at radius 3 is 2.82 bits per heavy atom. The Kier molecular flexibility index (Phi) is 1.35. The van der Waals surface area contributed by atoms with Crippen molar-refractivity contribution in [3.05, 3.63) is 49.0 Å². The summed E-state index contributed by atoms with van der Waals surface area (Å²) in [5, 5.41) is 1.13. The number of nitrogens with zero attached hydrogens (tertiary/aromatic N) is 1. The van der Waals surface area contributed by atoms with E-state index in [1.807, 2.05) is 30.3 Å². The van der Waals surface area contributed by atoms with Crippen LogP contribution in [0.4, 0.5) is 0 Å². The molecule has 0 aliphatic heterocycles. The highest BCUT2D eigenvalue weighted by atomic mass is 14.6. The Morgan fingerprint density at radius 1 is 1.09 bits per heavy atom. The fourth-order valence-corrected chi connectivity index (χ4v) is 1.17. The summed E-state index contributed by atoms with van der Waals surface area (Å²) < 4.78 is 0. The molecule has 0 unspecified atom stereocenters. The monoisotopic (exact) mass is 142 g/mol. The third kappa shape index (κ3) is 0.984. The van der Waals surface area contributed by atoms with Crippen molar-refractivity contribution in [1.29, 1.82) is 0 Å². The van der Waals surface area contributed by atoms with Gasteiger partial charge in [0.1, 0.15) is 0 Å². The van der Waals surface area contributed by atoms with Crippen molar-refractivity contribution in [2.45, 2.75) is 0 Å². The lowest BCUT2D eigenvalue weighted by atomic mass is 10.1. The maximum Gasteiger partial charge on any atom is 0.0704 e. The van der Waals surface area contributed by atoms with Crippen LogP contribution >= 0.6 is 0 Å². The smallest absolute Gasteiger partial charge is 0.0704 e. The van der Waals surface area contributed by atoms with Crippen LogP contribution in [0.2, 0.25) is 0 Å². The van der Waals surface area contributed by atoms with E-state index in [0.29, 0.717) is 0 Å². The van der Waals surface area contributed by atoms with E-state index >= 15 is 0 Å². The molecule has 1 heteroatoms. The van der Waals surface area contributed by atoms with Crippen molar-refractivity contribution in [2.24, 2.45) is 0 Å². The van der Waals surface area contributed by atoms with Crippen LogP contribution in [0, 0.1) is 6.92 Å². The highest BCUT2D eigenvalue weighted by Gasteiger charge is 1.93. The summed E-state index contributed by atoms with van der Waals surface area (Å²) in [7, 11) is 0. The topological polar surface area (TPSA) is 12.9 Å². The Bertz CT molecular complexity index is 374. The second-order valence-corrected chi connectivity index (χ2v) is 2.49. The lowest BCUT2D eigenvalue weighted by Gasteiger charge is -1.97. The number of pyridine rings is 1. The third-order valence-corrected chi connectivity index (χ3v) is 1.74. The molecule has 1 aromatic carbocycles. The molecule has 0 spiro atoms. The molecule has 1 radical (unpaired) electrons. The highest BCUT2D eigenvalue weighted by molar-refractivity contribution is 5.82. The van der Waals surface area contributed by atoms with Gasteiger partial charge in [0.15, 0.2) is 0 Å². The molecule has 0 aliphatic carbocycles. The predicted octanol–water partition coefficient (Wildman–Crippen LogP) is 2.42. The molecule has 1 nitrogen and oxygen atoms in total. The maximum absolute atomic E-state index is 4.20. The van der Waals surface area contributed by atoms with E-state index in [0.717, 1.165) is 16.5 Å². The summed E-state index contributed by atoms with van der Waals surface area (Å²) in [6.45, 7) is 3.91. The first-order valence-corrected chi connectivity index (χ1v) is 3.53. The van der Waals surface area contributed by atoms with Gasteiger partial charge in [-0.15, -0.1) is 0 Å². The van der Waals surface area contributed by atoms with Crippen LogP contribution in [0.3, 0.4) is 0 Å². The molecule has 2 aromatic rings. The number of rotatable bonds is 0. The van der Waals surface area contributed by atoms with E-state index in [9.17, 15) is 0 Å². The number of hydrogen-bond donors (Lipinski definition) is 0. The second-order valence-electron chi connectivity index (χ2n) is 2.49. The van der Waals surface area contributed by atoms with Gasteiger partial charge < -0.3 is 0 Å². The quantitative estimate of drug-likeness (QED) is 0.550. The van der Waals surface area contributed by atoms with E-state index in [1.165, 1.54) is 0 Å². The molecular weight excluding hydrogens is 134 g/mol. The lowest BCUT2D eigenvalue weighted by Crippen LogP contribution is -1.79. The fraction of sp³-hybridized carbons (Fsp3) is 0. The first kappa shape index (κ1) is 6.35. The van der Waals surface area contributed by atoms with Gasteiger partial charge in [0.25, 0.3) is 0 Å². The van der Waals surface area contributed by atoms with Crippen molar-refractivity contribution < 1.29 is 0 Å². The van der Waals surface area contributed by atoms with Crippen molar-refractivity contribution in [3.8, 4) is 0 Å². The number of aromatic nitrogens is 1. The fourth-order valence-electron chi connectivity index (χ4n) is 1.17. The van der Waals surface area contributed by atoms with Gasteiger partial charge in [-0.25, -0.2) is 0 Å². The highest BCUT2D eigenvalue weighted by Crippen LogP contribution is 2.14. The van der Waals surface area contributed by atoms with Crippen LogP contribution in [-0.2, 0) is 0 Å². The van der Waals surface area contributed by atoms with Crippen LogP contribution < -0.4 is 0 Å². The summed E-state index contributed by atoms with van der Waals surface area (Å²) in [5.74, 6) is 0. The minimum atomic E-state index is 1.01. The van der Waals surface area contributed by atoms with Crippen molar-refractivity contribution in [3.63, 3.8) is 0 Å². The van der Waals surface area contributed by atoms with Crippen molar-refractivity contribution in [1.82, 2.24) is 4.98 Å². The molecule has 0 saturated carbocycles. The minimum Gasteiger partial charge on any atom is -0.256 e. The van der Waals surface area contributed by atoms with Crippen LogP contribution in [0.5, 0.6) is 0 Å². The molecule has 1 heterocycles. The number of fused-ring (bicyclic) bond motifs is 1. The van der Waals surface area contributed by atoms with Gasteiger partial charge in [-0.2, -0.15) is 0 Å². The Balaban J connectivity index is 2.91. The average Bonchev–Trinajstić information content (AvgIpc) is 2.06. The molecule has 53 valence electrons. The number of benzene rings is 1. The Labute approximate surface area is 65.7 Å². The lowest BCUT2D eigenvalue weighted by molar-refractivity contribution is 1.41. The summed E-state index contributed by atoms with van der Waals surface area (Å²) in [6.07, 6.45) is 1.79. The molecule has 0 N–H and O–H groups in total. The zero-order valence-corrected chi connectivity index (χ0v) is 6.12. The standard InChI is InChI=1S/C10H8N/c1-8-4-2-6-10-9(8)5-3-7-11-10/h2-7H,1H2. The van der Waals surface area contributed by atoms with E-state index in [4.69, 9.17) is 0 Å². The Morgan fingerprint density at radius 2 is 2.00 bits per heavy atom. The molecule has 0 saturated heterocycles. The summed E-state index contributed by atoms with van der Waals surface area (Å²) in [4.78, 5) is 4.20. The summed E-state index contributed by atoms with van der Waals surface area (Å²) in [6, 6.07) is 9.91. The maximum atomic E-state index is 4.20. The normalized spacial score (nSPS) is 10.3. The van der Waals surface area contributed by atoms with Gasteiger partial charge in [-0.3, -0.25) is 4.98 Å². The molecule has 0 bridgehead atoms. The first-order chi connectivity index (χ1) is 5.38. The Hall–Kier alpha value is -1.37. The zero-order valence-electron chi connectivity index (χ0n) is 6.12. The molecule has 0 fully saturated rings. The van der Waals surface area contributed by atoms with Gasteiger partial charge in [0.05, 0.1) is 5.52 Å². The SMILES string of the molecule is [CH2]c1cccc2ncccc12. The zero-order chi connectivity index (χ0) is 7.68. The van der Waals surface area contributed by atoms with E-state index in [1.54, 1.807) is 6.20 Å². The second kappa shape index (κ2) is 2.35. The van der Waals surface area contributed by atoms with Gasteiger partial charge in [-0.05, 0) is 24.6 Å². The molecule has 2 rings (SSSR count). The predicted molar refractivity (Wildman–Crippen MR) is 46.2 cm³/mol. The van der Waals surface area contributed by atoms with Crippen LogP contribution in [0.25, 0.3) is 10.9 Å². The minimum absolute atomic E-state index is 1.01. The largest absolute Gasteiger partial charge is 0.256 e. The van der Waals surface area contributed by atoms with Gasteiger partial charge in [-0.1, -0.05) is 18.2 Å². The van der Waals surface area contributed by atoms with Crippen molar-refractivity contribution >= 4 is 10.9 Å². The molecule has 0 atom stereocenters. The average molecular weight is 142 g/mol. The van der Waals surface area contributed by atoms with E-state index in [-0.39, 0.29) is 0 Å². The van der Waals surface area contributed by atoms with Crippen LogP contribution in [0.1, 0.15) is 5.56 Å². The van der Waals surface area contributed by atoms with Gasteiger partial charge in [0, 0.05) is 11.6 Å². The van der Waals surface area contributed by atoms with Crippen LogP contribution in [0.15, 0.2) is 36.5 Å². The van der Waals surface area contributed by atoms with Gasteiger partial charge in [0.2, 0.25) is 0 Å². The molecule has 11 heavy (non-hydrogen) atoms. The third-order valence-electron chi connectivity index (χ3n) is 1.74. The van der Waals surface area contributed by atoms with E-state index < -0.39 is 0 Å². The molecular formula is C10H8N. The molecule has 0 amide bonds. The van der Waals surface area contributed by atoms with Crippen LogP contribution in [-0.4, -0.2) is 4.98 Å². The van der Waals surface area contributed by atoms with E-state index in [2.05, 4.69) is 11.9 Å². The first-order valence-electron chi connectivity index (χ1n) is 3.53. The molecule has 1 aromatic heterocycles. The number of hydrogen-bond acceptors (Lipinski definition) is 1. The van der Waals surface area contributed by atoms with Gasteiger partial charge >= 0.3 is 0 Å². The summed E-state index contributed by atoms with van der Waals surface area (Å²) in [5.41, 5.74) is 2.05.